The number of hydrogen-bond acceptors (Lipinski definition) is 5. The lowest BCUT2D eigenvalue weighted by Crippen LogP contribution is -2.63. The van der Waals surface area contributed by atoms with E-state index in [9.17, 15) is 0 Å². The van der Waals surface area contributed by atoms with E-state index in [4.69, 9.17) is 21.2 Å². The molecular weight excluding hydrogens is 288 g/mol. The van der Waals surface area contributed by atoms with Gasteiger partial charge in [0.25, 0.3) is 0 Å². The summed E-state index contributed by atoms with van der Waals surface area (Å²) in [6.45, 7) is 5.66. The zero-order chi connectivity index (χ0) is 16.1. The standard InChI is InChI=1S/C18H28N4O/c1-13-15(18(20)11-17(12-18)9-14(19)10-17)3-4-16(21-13)22-5-2-7-23-8-6-22/h3-4,14H,2,5-12,19-20H2,1H3. The van der Waals surface area contributed by atoms with Gasteiger partial charge in [-0.3, -0.25) is 0 Å². The van der Waals surface area contributed by atoms with E-state index in [1.807, 2.05) is 0 Å². The average molecular weight is 316 g/mol. The number of nitrogens with zero attached hydrogens (tertiary/aromatic N) is 2. The predicted molar refractivity (Wildman–Crippen MR) is 91.4 cm³/mol. The monoisotopic (exact) mass is 316 g/mol. The second-order valence-electron chi connectivity index (χ2n) is 7.93. The first-order valence-corrected chi connectivity index (χ1v) is 8.85. The van der Waals surface area contributed by atoms with Gasteiger partial charge in [0.1, 0.15) is 5.82 Å². The normalized spacial score (nSPS) is 37.2. The van der Waals surface area contributed by atoms with Gasteiger partial charge in [0.05, 0.1) is 6.61 Å². The van der Waals surface area contributed by atoms with Gasteiger partial charge in [-0.25, -0.2) is 4.98 Å². The van der Waals surface area contributed by atoms with Gasteiger partial charge >= 0.3 is 0 Å². The highest BCUT2D eigenvalue weighted by atomic mass is 16.5. The summed E-state index contributed by atoms with van der Waals surface area (Å²) in [4.78, 5) is 7.18. The van der Waals surface area contributed by atoms with Crippen molar-refractivity contribution in [3.05, 3.63) is 23.4 Å². The predicted octanol–water partition coefficient (Wildman–Crippen LogP) is 1.67. The van der Waals surface area contributed by atoms with Crippen molar-refractivity contribution in [2.24, 2.45) is 16.9 Å². The first-order valence-electron chi connectivity index (χ1n) is 8.85. The summed E-state index contributed by atoms with van der Waals surface area (Å²) in [6.07, 6.45) is 5.47. The first kappa shape index (κ1) is 15.4. The minimum absolute atomic E-state index is 0.197. The molecule has 2 heterocycles. The maximum atomic E-state index is 6.69. The summed E-state index contributed by atoms with van der Waals surface area (Å²) >= 11 is 0. The Bertz CT molecular complexity index is 581. The van der Waals surface area contributed by atoms with E-state index in [0.29, 0.717) is 11.5 Å². The zero-order valence-electron chi connectivity index (χ0n) is 14.1. The summed E-state index contributed by atoms with van der Waals surface area (Å²) in [6, 6.07) is 4.74. The highest BCUT2D eigenvalue weighted by Crippen LogP contribution is 2.62. The molecule has 5 heteroatoms. The molecule has 1 spiro atoms. The Balaban J connectivity index is 1.50. The third-order valence-electron chi connectivity index (χ3n) is 5.93. The molecule has 3 aliphatic rings. The van der Waals surface area contributed by atoms with E-state index in [2.05, 4.69) is 24.0 Å². The molecule has 0 radical (unpaired) electrons. The van der Waals surface area contributed by atoms with Crippen molar-refractivity contribution < 1.29 is 4.74 Å². The van der Waals surface area contributed by atoms with Gasteiger partial charge in [0, 0.05) is 37.0 Å². The lowest BCUT2D eigenvalue weighted by molar-refractivity contribution is -0.0593. The van der Waals surface area contributed by atoms with Crippen LogP contribution in [0.25, 0.3) is 0 Å². The minimum Gasteiger partial charge on any atom is -0.380 e. The van der Waals surface area contributed by atoms with Gasteiger partial charge in [0.15, 0.2) is 0 Å². The second kappa shape index (κ2) is 5.43. The van der Waals surface area contributed by atoms with Crippen LogP contribution < -0.4 is 16.4 Å². The summed E-state index contributed by atoms with van der Waals surface area (Å²) < 4.78 is 5.53. The zero-order valence-corrected chi connectivity index (χ0v) is 14.1. The molecule has 0 unspecified atom stereocenters. The molecule has 23 heavy (non-hydrogen) atoms. The summed E-state index contributed by atoms with van der Waals surface area (Å²) in [5.41, 5.74) is 15.2. The van der Waals surface area contributed by atoms with E-state index in [1.54, 1.807) is 0 Å². The lowest BCUT2D eigenvalue weighted by atomic mass is 9.46. The number of hydrogen-bond donors (Lipinski definition) is 2. The van der Waals surface area contributed by atoms with E-state index in [-0.39, 0.29) is 5.54 Å². The molecule has 0 amide bonds. The number of rotatable bonds is 2. The van der Waals surface area contributed by atoms with Crippen molar-refractivity contribution in [1.29, 1.82) is 0 Å². The summed E-state index contributed by atoms with van der Waals surface area (Å²) in [5.74, 6) is 1.06. The van der Waals surface area contributed by atoms with Crippen LogP contribution in [0.5, 0.6) is 0 Å². The van der Waals surface area contributed by atoms with E-state index in [1.165, 1.54) is 5.56 Å². The van der Waals surface area contributed by atoms with Gasteiger partial charge in [-0.05, 0) is 56.1 Å². The number of anilines is 1. The summed E-state index contributed by atoms with van der Waals surface area (Å²) in [7, 11) is 0. The van der Waals surface area contributed by atoms with Crippen molar-refractivity contribution in [2.45, 2.75) is 50.6 Å². The van der Waals surface area contributed by atoms with Crippen LogP contribution in [0.1, 0.15) is 43.4 Å². The quantitative estimate of drug-likeness (QED) is 0.868. The Kier molecular flexibility index (Phi) is 3.63. The molecule has 4 N–H and O–H groups in total. The Morgan fingerprint density at radius 3 is 2.70 bits per heavy atom. The fourth-order valence-electron chi connectivity index (χ4n) is 5.04. The Labute approximate surface area is 138 Å². The second-order valence-corrected chi connectivity index (χ2v) is 7.93. The van der Waals surface area contributed by atoms with Crippen molar-refractivity contribution in [3.8, 4) is 0 Å². The molecule has 1 saturated heterocycles. The van der Waals surface area contributed by atoms with Gasteiger partial charge < -0.3 is 21.1 Å². The van der Waals surface area contributed by atoms with Gasteiger partial charge in [-0.15, -0.1) is 0 Å². The first-order chi connectivity index (χ1) is 11.0. The molecular formula is C18H28N4O. The van der Waals surface area contributed by atoms with Crippen LogP contribution >= 0.6 is 0 Å². The molecule has 1 aromatic heterocycles. The van der Waals surface area contributed by atoms with Gasteiger partial charge in [-0.2, -0.15) is 0 Å². The fraction of sp³-hybridized carbons (Fsp3) is 0.722. The maximum Gasteiger partial charge on any atom is 0.128 e. The molecule has 0 bridgehead atoms. The minimum atomic E-state index is -0.197. The molecule has 126 valence electrons. The molecule has 5 nitrogen and oxygen atoms in total. The smallest absolute Gasteiger partial charge is 0.128 e. The Morgan fingerprint density at radius 1 is 1.22 bits per heavy atom. The van der Waals surface area contributed by atoms with Crippen molar-refractivity contribution in [3.63, 3.8) is 0 Å². The summed E-state index contributed by atoms with van der Waals surface area (Å²) in [5, 5.41) is 0. The highest BCUT2D eigenvalue weighted by molar-refractivity contribution is 5.45. The van der Waals surface area contributed by atoms with Crippen LogP contribution in [0, 0.1) is 12.3 Å². The van der Waals surface area contributed by atoms with Crippen LogP contribution in [0.15, 0.2) is 12.1 Å². The molecule has 0 atom stereocenters. The van der Waals surface area contributed by atoms with Crippen LogP contribution in [-0.2, 0) is 10.3 Å². The van der Waals surface area contributed by atoms with E-state index in [0.717, 1.165) is 69.9 Å². The number of aromatic nitrogens is 1. The molecule has 4 rings (SSSR count). The SMILES string of the molecule is Cc1nc(N2CCCOCC2)ccc1C1(N)CC2(CC(N)C2)C1. The largest absolute Gasteiger partial charge is 0.380 e. The van der Waals surface area contributed by atoms with E-state index < -0.39 is 0 Å². The van der Waals surface area contributed by atoms with Crippen molar-refractivity contribution >= 4 is 5.82 Å². The number of nitrogens with two attached hydrogens (primary N) is 2. The molecule has 1 aliphatic heterocycles. The molecule has 1 aromatic rings. The number of aryl methyl sites for hydroxylation is 1. The highest BCUT2D eigenvalue weighted by Gasteiger charge is 2.58. The van der Waals surface area contributed by atoms with Gasteiger partial charge in [0.2, 0.25) is 0 Å². The van der Waals surface area contributed by atoms with Crippen LogP contribution in [-0.4, -0.2) is 37.3 Å². The Morgan fingerprint density at radius 2 is 2.00 bits per heavy atom. The third-order valence-corrected chi connectivity index (χ3v) is 5.93. The topological polar surface area (TPSA) is 77.4 Å². The third kappa shape index (κ3) is 2.65. The molecule has 3 fully saturated rings. The fourth-order valence-corrected chi connectivity index (χ4v) is 5.04. The van der Waals surface area contributed by atoms with E-state index >= 15 is 0 Å². The van der Waals surface area contributed by atoms with Gasteiger partial charge in [-0.1, -0.05) is 6.07 Å². The molecule has 0 aromatic carbocycles. The van der Waals surface area contributed by atoms with Crippen LogP contribution in [0.2, 0.25) is 0 Å². The van der Waals surface area contributed by atoms with Crippen LogP contribution in [0.4, 0.5) is 5.82 Å². The number of ether oxygens (including phenoxy) is 1. The maximum absolute atomic E-state index is 6.69. The molecule has 2 saturated carbocycles. The van der Waals surface area contributed by atoms with Crippen molar-refractivity contribution in [2.75, 3.05) is 31.2 Å². The Hall–Kier alpha value is -1.17. The van der Waals surface area contributed by atoms with Crippen molar-refractivity contribution in [1.82, 2.24) is 4.98 Å². The number of pyridine rings is 1. The lowest BCUT2D eigenvalue weighted by Gasteiger charge is -2.62. The van der Waals surface area contributed by atoms with Crippen LogP contribution in [0.3, 0.4) is 0 Å². The average Bonchev–Trinajstić information content (AvgIpc) is 2.72. The molecule has 2 aliphatic carbocycles.